The number of rotatable bonds is 4. The molecule has 1 aromatic carbocycles. The van der Waals surface area contributed by atoms with Crippen LogP contribution in [0.25, 0.3) is 0 Å². The topological polar surface area (TPSA) is 70.7 Å². The molecule has 2 aliphatic rings. The normalized spacial score (nSPS) is 17.5. The monoisotopic (exact) mass is 342 g/mol. The van der Waals surface area contributed by atoms with Gasteiger partial charge in [0.25, 0.3) is 0 Å². The molecule has 2 aromatic rings. The molecule has 0 spiro atoms. The van der Waals surface area contributed by atoms with E-state index in [0.29, 0.717) is 6.42 Å². The highest BCUT2D eigenvalue weighted by atomic mass is 16.7. The second-order valence-corrected chi connectivity index (χ2v) is 6.46. The number of fused-ring (bicyclic) bond motifs is 1. The molecule has 25 heavy (non-hydrogen) atoms. The fraction of sp³-hybridized carbons (Fsp3) is 0.444. The fourth-order valence-corrected chi connectivity index (χ4v) is 3.33. The maximum Gasteiger partial charge on any atom is 0.231 e. The van der Waals surface area contributed by atoms with Gasteiger partial charge in [-0.2, -0.15) is 5.10 Å². The first-order chi connectivity index (χ1) is 12.3. The SMILES string of the molecule is O=C(Cc1ccc2c(c1)OCO2)N1CCCN(Cc2ccn[nH]2)CC1. The molecular weight excluding hydrogens is 320 g/mol. The molecule has 7 heteroatoms. The minimum atomic E-state index is 0.169. The quantitative estimate of drug-likeness (QED) is 0.910. The van der Waals surface area contributed by atoms with Crippen molar-refractivity contribution in [2.45, 2.75) is 19.4 Å². The molecule has 7 nitrogen and oxygen atoms in total. The van der Waals surface area contributed by atoms with Crippen LogP contribution in [0.2, 0.25) is 0 Å². The molecule has 2 aliphatic heterocycles. The van der Waals surface area contributed by atoms with Crippen LogP contribution in [0.15, 0.2) is 30.5 Å². The van der Waals surface area contributed by atoms with Gasteiger partial charge in [0, 0.05) is 44.6 Å². The molecule has 4 rings (SSSR count). The van der Waals surface area contributed by atoms with Gasteiger partial charge in [-0.3, -0.25) is 14.8 Å². The summed E-state index contributed by atoms with van der Waals surface area (Å²) < 4.78 is 10.7. The zero-order chi connectivity index (χ0) is 17.1. The van der Waals surface area contributed by atoms with Gasteiger partial charge in [0.1, 0.15) is 0 Å². The van der Waals surface area contributed by atoms with Crippen molar-refractivity contribution >= 4 is 5.91 Å². The van der Waals surface area contributed by atoms with E-state index in [0.717, 1.165) is 61.9 Å². The highest BCUT2D eigenvalue weighted by molar-refractivity contribution is 5.79. The summed E-state index contributed by atoms with van der Waals surface area (Å²) in [5, 5.41) is 6.99. The molecule has 0 radical (unpaired) electrons. The summed E-state index contributed by atoms with van der Waals surface area (Å²) in [7, 11) is 0. The van der Waals surface area contributed by atoms with E-state index in [-0.39, 0.29) is 12.7 Å². The molecule has 0 saturated carbocycles. The van der Waals surface area contributed by atoms with Gasteiger partial charge >= 0.3 is 0 Å². The van der Waals surface area contributed by atoms with Crippen molar-refractivity contribution in [3.63, 3.8) is 0 Å². The van der Waals surface area contributed by atoms with Gasteiger partial charge in [0.05, 0.1) is 6.42 Å². The molecule has 132 valence electrons. The van der Waals surface area contributed by atoms with Crippen molar-refractivity contribution < 1.29 is 14.3 Å². The Labute approximate surface area is 146 Å². The lowest BCUT2D eigenvalue weighted by molar-refractivity contribution is -0.130. The van der Waals surface area contributed by atoms with Crippen molar-refractivity contribution in [3.05, 3.63) is 41.7 Å². The lowest BCUT2D eigenvalue weighted by atomic mass is 10.1. The summed E-state index contributed by atoms with van der Waals surface area (Å²) in [6.45, 7) is 4.55. The van der Waals surface area contributed by atoms with Crippen LogP contribution in [0.3, 0.4) is 0 Å². The third-order valence-corrected chi connectivity index (χ3v) is 4.69. The zero-order valence-electron chi connectivity index (χ0n) is 14.1. The Bertz CT molecular complexity index is 732. The van der Waals surface area contributed by atoms with E-state index in [1.165, 1.54) is 0 Å². The van der Waals surface area contributed by atoms with Crippen LogP contribution in [-0.2, 0) is 17.8 Å². The molecule has 1 amide bonds. The number of carbonyl (C=O) groups excluding carboxylic acids is 1. The number of ether oxygens (including phenoxy) is 2. The lowest BCUT2D eigenvalue weighted by Gasteiger charge is -2.21. The van der Waals surface area contributed by atoms with Crippen molar-refractivity contribution in [2.75, 3.05) is 33.0 Å². The summed E-state index contributed by atoms with van der Waals surface area (Å²) in [6, 6.07) is 7.71. The first kappa shape index (κ1) is 16.0. The first-order valence-electron chi connectivity index (χ1n) is 8.65. The fourth-order valence-electron chi connectivity index (χ4n) is 3.33. The van der Waals surface area contributed by atoms with Crippen molar-refractivity contribution in [1.82, 2.24) is 20.0 Å². The Morgan fingerprint density at radius 1 is 1.12 bits per heavy atom. The number of amides is 1. The minimum absolute atomic E-state index is 0.169. The molecule has 1 fully saturated rings. The van der Waals surface area contributed by atoms with Gasteiger partial charge in [-0.05, 0) is 30.2 Å². The second kappa shape index (κ2) is 7.14. The average Bonchev–Trinajstić information content (AvgIpc) is 3.23. The van der Waals surface area contributed by atoms with E-state index >= 15 is 0 Å². The van der Waals surface area contributed by atoms with Crippen LogP contribution in [0.1, 0.15) is 17.7 Å². The van der Waals surface area contributed by atoms with Gasteiger partial charge in [0.15, 0.2) is 11.5 Å². The summed E-state index contributed by atoms with van der Waals surface area (Å²) in [5.41, 5.74) is 2.08. The molecule has 1 saturated heterocycles. The molecule has 0 aliphatic carbocycles. The molecular formula is C18H22N4O3. The smallest absolute Gasteiger partial charge is 0.231 e. The van der Waals surface area contributed by atoms with Crippen LogP contribution in [0.5, 0.6) is 11.5 Å². The molecule has 3 heterocycles. The predicted octanol–water partition coefficient (Wildman–Crippen LogP) is 1.42. The van der Waals surface area contributed by atoms with Gasteiger partial charge < -0.3 is 14.4 Å². The number of benzene rings is 1. The Balaban J connectivity index is 1.33. The number of aromatic amines is 1. The van der Waals surface area contributed by atoms with Crippen molar-refractivity contribution in [2.24, 2.45) is 0 Å². The van der Waals surface area contributed by atoms with E-state index in [2.05, 4.69) is 15.1 Å². The van der Waals surface area contributed by atoms with Crippen molar-refractivity contribution in [1.29, 1.82) is 0 Å². The number of aromatic nitrogens is 2. The number of hydrogen-bond acceptors (Lipinski definition) is 5. The van der Waals surface area contributed by atoms with E-state index < -0.39 is 0 Å². The summed E-state index contributed by atoms with van der Waals surface area (Å²) in [4.78, 5) is 17.0. The molecule has 1 N–H and O–H groups in total. The number of nitrogens with one attached hydrogen (secondary N) is 1. The standard InChI is InChI=1S/C18H22N4O3/c23-18(11-14-2-3-16-17(10-14)25-13-24-16)22-7-1-6-21(8-9-22)12-15-4-5-19-20-15/h2-5,10H,1,6-9,11-13H2,(H,19,20). The largest absolute Gasteiger partial charge is 0.454 e. The highest BCUT2D eigenvalue weighted by Crippen LogP contribution is 2.32. The van der Waals surface area contributed by atoms with Crippen LogP contribution in [0, 0.1) is 0 Å². The van der Waals surface area contributed by atoms with Gasteiger partial charge in [-0.25, -0.2) is 0 Å². The number of H-pyrrole nitrogens is 1. The van der Waals surface area contributed by atoms with Gasteiger partial charge in [-0.1, -0.05) is 6.07 Å². The van der Waals surface area contributed by atoms with E-state index in [1.54, 1.807) is 6.20 Å². The van der Waals surface area contributed by atoms with Crippen LogP contribution >= 0.6 is 0 Å². The van der Waals surface area contributed by atoms with Crippen LogP contribution in [0.4, 0.5) is 0 Å². The number of nitrogens with zero attached hydrogens (tertiary/aromatic N) is 3. The minimum Gasteiger partial charge on any atom is -0.454 e. The molecule has 0 unspecified atom stereocenters. The van der Waals surface area contributed by atoms with Crippen LogP contribution in [-0.4, -0.2) is 58.9 Å². The second-order valence-electron chi connectivity index (χ2n) is 6.46. The van der Waals surface area contributed by atoms with Crippen molar-refractivity contribution in [3.8, 4) is 11.5 Å². The van der Waals surface area contributed by atoms with Crippen LogP contribution < -0.4 is 9.47 Å². The third kappa shape index (κ3) is 3.76. The lowest BCUT2D eigenvalue weighted by Crippen LogP contribution is -2.36. The first-order valence-corrected chi connectivity index (χ1v) is 8.65. The van der Waals surface area contributed by atoms with E-state index in [4.69, 9.17) is 9.47 Å². The predicted molar refractivity (Wildman–Crippen MR) is 91.3 cm³/mol. The summed E-state index contributed by atoms with van der Waals surface area (Å²) in [6.07, 6.45) is 3.16. The Hall–Kier alpha value is -2.54. The zero-order valence-corrected chi connectivity index (χ0v) is 14.1. The molecule has 1 aromatic heterocycles. The Morgan fingerprint density at radius 3 is 2.92 bits per heavy atom. The maximum absolute atomic E-state index is 12.7. The average molecular weight is 342 g/mol. The van der Waals surface area contributed by atoms with E-state index in [1.807, 2.05) is 29.2 Å². The molecule has 0 atom stereocenters. The summed E-state index contributed by atoms with van der Waals surface area (Å²) in [5.74, 6) is 1.65. The Kier molecular flexibility index (Phi) is 4.56. The highest BCUT2D eigenvalue weighted by Gasteiger charge is 2.21. The van der Waals surface area contributed by atoms with E-state index in [9.17, 15) is 4.79 Å². The summed E-state index contributed by atoms with van der Waals surface area (Å²) >= 11 is 0. The number of carbonyl (C=O) groups is 1. The molecule has 0 bridgehead atoms. The van der Waals surface area contributed by atoms with Gasteiger partial charge in [0.2, 0.25) is 12.7 Å². The third-order valence-electron chi connectivity index (χ3n) is 4.69. The number of hydrogen-bond donors (Lipinski definition) is 1. The van der Waals surface area contributed by atoms with Gasteiger partial charge in [-0.15, -0.1) is 0 Å². The Morgan fingerprint density at radius 2 is 2.04 bits per heavy atom. The maximum atomic E-state index is 12.7.